The Kier molecular flexibility index (Phi) is 2.87. The quantitative estimate of drug-likeness (QED) is 0.760. The van der Waals surface area contributed by atoms with Gasteiger partial charge in [-0.05, 0) is 55.7 Å². The minimum atomic E-state index is 0.275. The van der Waals surface area contributed by atoms with Crippen LogP contribution < -0.4 is 5.73 Å². The van der Waals surface area contributed by atoms with Gasteiger partial charge in [-0.2, -0.15) is 0 Å². The van der Waals surface area contributed by atoms with Gasteiger partial charge >= 0.3 is 0 Å². The van der Waals surface area contributed by atoms with Gasteiger partial charge in [0.15, 0.2) is 0 Å². The molecular formula is C13H19N. The lowest BCUT2D eigenvalue weighted by atomic mass is 9.89. The van der Waals surface area contributed by atoms with Crippen LogP contribution in [0.5, 0.6) is 0 Å². The van der Waals surface area contributed by atoms with Crippen LogP contribution in [-0.2, 0) is 19.3 Å². The highest BCUT2D eigenvalue weighted by molar-refractivity contribution is 5.34. The summed E-state index contributed by atoms with van der Waals surface area (Å²) in [4.78, 5) is 0. The molecule has 1 nitrogen and oxygen atoms in total. The van der Waals surface area contributed by atoms with Gasteiger partial charge in [0.05, 0.1) is 0 Å². The highest BCUT2D eigenvalue weighted by Gasteiger charge is 2.09. The summed E-state index contributed by atoms with van der Waals surface area (Å²) in [6.07, 6.45) is 6.26. The van der Waals surface area contributed by atoms with E-state index in [1.807, 2.05) is 0 Å². The van der Waals surface area contributed by atoms with Gasteiger partial charge in [-0.3, -0.25) is 0 Å². The van der Waals surface area contributed by atoms with Gasteiger partial charge in [-0.15, -0.1) is 0 Å². The maximum atomic E-state index is 5.80. The minimum Gasteiger partial charge on any atom is -0.328 e. The van der Waals surface area contributed by atoms with E-state index in [9.17, 15) is 0 Å². The summed E-state index contributed by atoms with van der Waals surface area (Å²) in [6.45, 7) is 2.07. The first-order chi connectivity index (χ1) is 6.75. The first-order valence-corrected chi connectivity index (χ1v) is 5.62. The van der Waals surface area contributed by atoms with E-state index in [0.717, 1.165) is 6.42 Å². The minimum absolute atomic E-state index is 0.275. The summed E-state index contributed by atoms with van der Waals surface area (Å²) in [5, 5.41) is 0. The molecule has 0 bridgehead atoms. The van der Waals surface area contributed by atoms with Crippen molar-refractivity contribution in [2.75, 3.05) is 0 Å². The van der Waals surface area contributed by atoms with Crippen LogP contribution in [0.3, 0.4) is 0 Å². The van der Waals surface area contributed by atoms with Gasteiger partial charge in [0.25, 0.3) is 0 Å². The number of hydrogen-bond donors (Lipinski definition) is 1. The summed E-state index contributed by atoms with van der Waals surface area (Å²) in [5.74, 6) is 0. The molecule has 76 valence electrons. The predicted molar refractivity (Wildman–Crippen MR) is 60.4 cm³/mol. The van der Waals surface area contributed by atoms with Crippen molar-refractivity contribution in [1.29, 1.82) is 0 Å². The standard InChI is InChI=1S/C13H19N/c1-10(14)8-11-6-7-12-4-2-3-5-13(12)9-11/h6-7,9-10H,2-5,8,14H2,1H3/t10-/m1/s1. The topological polar surface area (TPSA) is 26.0 Å². The number of benzene rings is 1. The fraction of sp³-hybridized carbons (Fsp3) is 0.538. The Morgan fingerprint density at radius 1 is 1.21 bits per heavy atom. The molecule has 1 aromatic carbocycles. The molecule has 1 aliphatic carbocycles. The van der Waals surface area contributed by atoms with Crippen LogP contribution in [-0.4, -0.2) is 6.04 Å². The van der Waals surface area contributed by atoms with Crippen molar-refractivity contribution in [3.8, 4) is 0 Å². The molecule has 0 spiro atoms. The maximum absolute atomic E-state index is 5.80. The van der Waals surface area contributed by atoms with Gasteiger partial charge in [-0.1, -0.05) is 18.2 Å². The lowest BCUT2D eigenvalue weighted by Gasteiger charge is -2.17. The molecule has 0 saturated carbocycles. The van der Waals surface area contributed by atoms with E-state index in [-0.39, 0.29) is 6.04 Å². The lowest BCUT2D eigenvalue weighted by molar-refractivity contribution is 0.680. The van der Waals surface area contributed by atoms with Crippen LogP contribution >= 0.6 is 0 Å². The summed E-state index contributed by atoms with van der Waals surface area (Å²) in [6, 6.07) is 7.18. The third kappa shape index (κ3) is 2.16. The van der Waals surface area contributed by atoms with Crippen molar-refractivity contribution in [2.45, 2.75) is 45.1 Å². The van der Waals surface area contributed by atoms with Gasteiger partial charge in [-0.25, -0.2) is 0 Å². The Morgan fingerprint density at radius 3 is 2.64 bits per heavy atom. The van der Waals surface area contributed by atoms with E-state index in [1.54, 1.807) is 11.1 Å². The highest BCUT2D eigenvalue weighted by Crippen LogP contribution is 2.22. The van der Waals surface area contributed by atoms with Crippen molar-refractivity contribution in [3.63, 3.8) is 0 Å². The fourth-order valence-electron chi connectivity index (χ4n) is 2.29. The molecule has 0 aromatic heterocycles. The Morgan fingerprint density at radius 2 is 1.93 bits per heavy atom. The Bertz CT molecular complexity index is 315. The second kappa shape index (κ2) is 4.14. The number of fused-ring (bicyclic) bond motifs is 1. The van der Waals surface area contributed by atoms with Crippen LogP contribution in [0.2, 0.25) is 0 Å². The molecule has 1 heteroatoms. The van der Waals surface area contributed by atoms with Crippen LogP contribution in [0.4, 0.5) is 0 Å². The van der Waals surface area contributed by atoms with Gasteiger partial charge < -0.3 is 5.73 Å². The fourth-order valence-corrected chi connectivity index (χ4v) is 2.29. The van der Waals surface area contributed by atoms with E-state index in [4.69, 9.17) is 5.73 Å². The molecule has 2 rings (SSSR count). The molecule has 0 heterocycles. The number of hydrogen-bond acceptors (Lipinski definition) is 1. The number of nitrogens with two attached hydrogens (primary N) is 1. The molecule has 0 fully saturated rings. The molecule has 2 N–H and O–H groups in total. The molecule has 1 aromatic rings. The van der Waals surface area contributed by atoms with E-state index in [1.165, 1.54) is 31.2 Å². The monoisotopic (exact) mass is 189 g/mol. The van der Waals surface area contributed by atoms with Crippen LogP contribution in [0.1, 0.15) is 36.5 Å². The largest absolute Gasteiger partial charge is 0.328 e. The Labute approximate surface area is 86.3 Å². The molecule has 0 amide bonds. The number of rotatable bonds is 2. The van der Waals surface area contributed by atoms with Crippen molar-refractivity contribution in [3.05, 3.63) is 34.9 Å². The van der Waals surface area contributed by atoms with E-state index in [0.29, 0.717) is 0 Å². The SMILES string of the molecule is C[C@@H](N)Cc1ccc2c(c1)CCCC2. The molecule has 0 aliphatic heterocycles. The lowest BCUT2D eigenvalue weighted by Crippen LogP contribution is -2.18. The van der Waals surface area contributed by atoms with Crippen LogP contribution in [0.15, 0.2) is 18.2 Å². The van der Waals surface area contributed by atoms with Gasteiger partial charge in [0.1, 0.15) is 0 Å². The Balaban J connectivity index is 2.20. The van der Waals surface area contributed by atoms with Gasteiger partial charge in [0, 0.05) is 6.04 Å². The average molecular weight is 189 g/mol. The van der Waals surface area contributed by atoms with Crippen molar-refractivity contribution in [2.24, 2.45) is 5.73 Å². The number of aryl methyl sites for hydroxylation is 2. The maximum Gasteiger partial charge on any atom is 0.00509 e. The molecule has 14 heavy (non-hydrogen) atoms. The summed E-state index contributed by atoms with van der Waals surface area (Å²) < 4.78 is 0. The highest BCUT2D eigenvalue weighted by atomic mass is 14.6. The predicted octanol–water partition coefficient (Wildman–Crippen LogP) is 2.46. The third-order valence-electron chi connectivity index (χ3n) is 2.97. The normalized spacial score (nSPS) is 17.6. The first-order valence-electron chi connectivity index (χ1n) is 5.62. The van der Waals surface area contributed by atoms with Crippen LogP contribution in [0.25, 0.3) is 0 Å². The Hall–Kier alpha value is -0.820. The van der Waals surface area contributed by atoms with E-state index in [2.05, 4.69) is 25.1 Å². The zero-order valence-electron chi connectivity index (χ0n) is 8.92. The van der Waals surface area contributed by atoms with Gasteiger partial charge in [0.2, 0.25) is 0 Å². The molecular weight excluding hydrogens is 170 g/mol. The zero-order chi connectivity index (χ0) is 9.97. The smallest absolute Gasteiger partial charge is 0.00509 e. The van der Waals surface area contributed by atoms with E-state index < -0.39 is 0 Å². The second-order valence-corrected chi connectivity index (χ2v) is 4.49. The third-order valence-corrected chi connectivity index (χ3v) is 2.97. The summed E-state index contributed by atoms with van der Waals surface area (Å²) in [7, 11) is 0. The van der Waals surface area contributed by atoms with E-state index >= 15 is 0 Å². The van der Waals surface area contributed by atoms with Crippen molar-refractivity contribution in [1.82, 2.24) is 0 Å². The summed E-state index contributed by atoms with van der Waals surface area (Å²) in [5.41, 5.74) is 10.3. The zero-order valence-corrected chi connectivity index (χ0v) is 8.92. The van der Waals surface area contributed by atoms with Crippen molar-refractivity contribution >= 4 is 0 Å². The average Bonchev–Trinajstić information content (AvgIpc) is 2.17. The molecule has 0 unspecified atom stereocenters. The molecule has 0 saturated heterocycles. The molecule has 1 atom stereocenters. The first kappa shape index (κ1) is 9.72. The molecule has 0 radical (unpaired) electrons. The van der Waals surface area contributed by atoms with Crippen LogP contribution in [0, 0.1) is 0 Å². The molecule has 1 aliphatic rings. The summed E-state index contributed by atoms with van der Waals surface area (Å²) >= 11 is 0. The second-order valence-electron chi connectivity index (χ2n) is 4.49. The van der Waals surface area contributed by atoms with Crippen molar-refractivity contribution < 1.29 is 0 Å².